The summed E-state index contributed by atoms with van der Waals surface area (Å²) in [5.74, 6) is 1.90. The highest BCUT2D eigenvalue weighted by Crippen LogP contribution is 2.32. The molecule has 172 valence electrons. The second kappa shape index (κ2) is 8.74. The van der Waals surface area contributed by atoms with Gasteiger partial charge in [-0.1, -0.05) is 11.2 Å². The molecule has 4 aromatic rings. The average molecular weight is 469 g/mol. The van der Waals surface area contributed by atoms with Gasteiger partial charge in [0.25, 0.3) is 5.89 Å². The number of nitrogens with zero attached hydrogens (tertiary/aromatic N) is 2. The van der Waals surface area contributed by atoms with Gasteiger partial charge in [-0.15, -0.1) is 0 Å². The molecule has 0 amide bonds. The van der Waals surface area contributed by atoms with Crippen molar-refractivity contribution in [1.29, 1.82) is 0 Å². The average Bonchev–Trinajstić information content (AvgIpc) is 3.45. The Morgan fingerprint density at radius 3 is 2.33 bits per heavy atom. The van der Waals surface area contributed by atoms with Gasteiger partial charge in [-0.05, 0) is 73.9 Å². The molecule has 0 aliphatic rings. The summed E-state index contributed by atoms with van der Waals surface area (Å²) in [5.41, 5.74) is 3.35. The molecule has 8 nitrogen and oxygen atoms in total. The summed E-state index contributed by atoms with van der Waals surface area (Å²) in [6.45, 7) is 5.64. The van der Waals surface area contributed by atoms with E-state index in [4.69, 9.17) is 18.4 Å². The molecule has 0 atom stereocenters. The van der Waals surface area contributed by atoms with Crippen LogP contribution in [0.5, 0.6) is 11.5 Å². The number of aryl methyl sites for hydroxylation is 3. The summed E-state index contributed by atoms with van der Waals surface area (Å²) in [6, 6.07) is 12.1. The highest BCUT2D eigenvalue weighted by atomic mass is 32.2. The molecule has 0 unspecified atom stereocenters. The summed E-state index contributed by atoms with van der Waals surface area (Å²) in [5, 5.41) is 3.99. The number of hydrogen-bond acceptors (Lipinski definition) is 8. The van der Waals surface area contributed by atoms with E-state index in [9.17, 15) is 8.42 Å². The van der Waals surface area contributed by atoms with Crippen LogP contribution in [0.1, 0.15) is 22.5 Å². The minimum absolute atomic E-state index is 0.144. The first-order valence-corrected chi connectivity index (χ1v) is 11.8. The Bertz CT molecular complexity index is 1420. The number of ether oxygens (including phenoxy) is 2. The molecule has 2 aromatic heterocycles. The van der Waals surface area contributed by atoms with E-state index in [0.29, 0.717) is 33.3 Å². The zero-order valence-electron chi connectivity index (χ0n) is 19.0. The van der Waals surface area contributed by atoms with Crippen molar-refractivity contribution in [2.75, 3.05) is 14.2 Å². The third-order valence-corrected chi connectivity index (χ3v) is 7.17. The summed E-state index contributed by atoms with van der Waals surface area (Å²) in [4.78, 5) is 4.67. The maximum atomic E-state index is 13.0. The highest BCUT2D eigenvalue weighted by Gasteiger charge is 2.22. The smallest absolute Gasteiger partial charge is 0.293 e. The van der Waals surface area contributed by atoms with Crippen LogP contribution < -0.4 is 9.47 Å². The van der Waals surface area contributed by atoms with Crippen LogP contribution in [-0.4, -0.2) is 32.8 Å². The van der Waals surface area contributed by atoms with Gasteiger partial charge in [0.1, 0.15) is 11.5 Å². The molecule has 0 N–H and O–H groups in total. The standard InChI is InChI=1S/C24H24N2O6S/c1-14-10-16(3)22(11-15(14)2)33(27,28)13-18-7-9-20(31-18)24-25-23(26-32-24)17-6-8-19(29-4)21(12-17)30-5/h6-12H,13H2,1-5H3. The monoisotopic (exact) mass is 468 g/mol. The first-order valence-electron chi connectivity index (χ1n) is 10.2. The Balaban J connectivity index is 1.58. The molecule has 9 heteroatoms. The fourth-order valence-electron chi connectivity index (χ4n) is 3.52. The Labute approximate surface area is 192 Å². The van der Waals surface area contributed by atoms with E-state index < -0.39 is 9.84 Å². The number of furan rings is 1. The molecule has 2 aromatic carbocycles. The zero-order valence-corrected chi connectivity index (χ0v) is 19.8. The van der Waals surface area contributed by atoms with E-state index in [-0.39, 0.29) is 23.2 Å². The van der Waals surface area contributed by atoms with Gasteiger partial charge < -0.3 is 18.4 Å². The van der Waals surface area contributed by atoms with Crippen LogP contribution in [0.25, 0.3) is 23.0 Å². The van der Waals surface area contributed by atoms with Gasteiger partial charge in [-0.2, -0.15) is 4.98 Å². The van der Waals surface area contributed by atoms with Crippen molar-refractivity contribution in [3.05, 3.63) is 64.9 Å². The minimum Gasteiger partial charge on any atom is -0.493 e. The van der Waals surface area contributed by atoms with Crippen LogP contribution in [0, 0.1) is 20.8 Å². The van der Waals surface area contributed by atoms with Crippen molar-refractivity contribution in [1.82, 2.24) is 10.1 Å². The molecule has 0 fully saturated rings. The maximum absolute atomic E-state index is 13.0. The second-order valence-corrected chi connectivity index (χ2v) is 9.68. The summed E-state index contributed by atoms with van der Waals surface area (Å²) in [6.07, 6.45) is 0. The number of sulfone groups is 1. The predicted octanol–water partition coefficient (Wildman–Crippen LogP) is 4.91. The molecule has 0 saturated carbocycles. The lowest BCUT2D eigenvalue weighted by Crippen LogP contribution is -2.07. The number of aromatic nitrogens is 2. The SMILES string of the molecule is COc1ccc(-c2noc(-c3ccc(CS(=O)(=O)c4cc(C)c(C)cc4C)o3)n2)cc1OC. The van der Waals surface area contributed by atoms with Crippen molar-refractivity contribution in [3.63, 3.8) is 0 Å². The molecular weight excluding hydrogens is 444 g/mol. The molecule has 4 rings (SSSR count). The van der Waals surface area contributed by atoms with Gasteiger partial charge in [0.15, 0.2) is 27.1 Å². The summed E-state index contributed by atoms with van der Waals surface area (Å²) < 4.78 is 47.6. The molecule has 2 heterocycles. The first kappa shape index (κ1) is 22.6. The van der Waals surface area contributed by atoms with Crippen LogP contribution in [-0.2, 0) is 15.6 Å². The molecule has 33 heavy (non-hydrogen) atoms. The normalized spacial score (nSPS) is 11.5. The number of methoxy groups -OCH3 is 2. The van der Waals surface area contributed by atoms with Crippen molar-refractivity contribution in [2.45, 2.75) is 31.4 Å². The van der Waals surface area contributed by atoms with Crippen LogP contribution >= 0.6 is 0 Å². The van der Waals surface area contributed by atoms with Crippen molar-refractivity contribution < 1.29 is 26.8 Å². The van der Waals surface area contributed by atoms with Gasteiger partial charge in [0, 0.05) is 5.56 Å². The highest BCUT2D eigenvalue weighted by molar-refractivity contribution is 7.90. The molecule has 0 radical (unpaired) electrons. The Kier molecular flexibility index (Phi) is 5.99. The second-order valence-electron chi connectivity index (χ2n) is 7.72. The number of benzene rings is 2. The lowest BCUT2D eigenvalue weighted by Gasteiger charge is -2.10. The van der Waals surface area contributed by atoms with Crippen LogP contribution in [0.2, 0.25) is 0 Å². The van der Waals surface area contributed by atoms with Gasteiger partial charge in [0.2, 0.25) is 5.82 Å². The molecule has 0 aliphatic carbocycles. The number of hydrogen-bond donors (Lipinski definition) is 0. The van der Waals surface area contributed by atoms with E-state index in [1.54, 1.807) is 57.5 Å². The zero-order chi connectivity index (χ0) is 23.8. The topological polar surface area (TPSA) is 105 Å². The van der Waals surface area contributed by atoms with E-state index >= 15 is 0 Å². The quantitative estimate of drug-likeness (QED) is 0.377. The lowest BCUT2D eigenvalue weighted by atomic mass is 10.1. The first-order chi connectivity index (χ1) is 15.7. The van der Waals surface area contributed by atoms with Crippen LogP contribution in [0.4, 0.5) is 0 Å². The van der Waals surface area contributed by atoms with E-state index in [2.05, 4.69) is 10.1 Å². The third-order valence-electron chi connectivity index (χ3n) is 5.40. The fourth-order valence-corrected chi connectivity index (χ4v) is 5.11. The Hall–Kier alpha value is -3.59. The van der Waals surface area contributed by atoms with Crippen molar-refractivity contribution >= 4 is 9.84 Å². The van der Waals surface area contributed by atoms with E-state index in [0.717, 1.165) is 11.1 Å². The van der Waals surface area contributed by atoms with E-state index in [1.807, 2.05) is 19.9 Å². The number of rotatable bonds is 7. The maximum Gasteiger partial charge on any atom is 0.293 e. The lowest BCUT2D eigenvalue weighted by molar-refractivity contribution is 0.355. The molecular formula is C24H24N2O6S. The van der Waals surface area contributed by atoms with E-state index in [1.165, 1.54) is 0 Å². The Morgan fingerprint density at radius 2 is 1.61 bits per heavy atom. The van der Waals surface area contributed by atoms with Crippen molar-refractivity contribution in [2.24, 2.45) is 0 Å². The molecule has 0 saturated heterocycles. The summed E-state index contributed by atoms with van der Waals surface area (Å²) >= 11 is 0. The third kappa shape index (κ3) is 4.49. The fraction of sp³-hybridized carbons (Fsp3) is 0.250. The largest absolute Gasteiger partial charge is 0.493 e. The van der Waals surface area contributed by atoms with Gasteiger partial charge in [-0.25, -0.2) is 8.42 Å². The minimum atomic E-state index is -3.59. The van der Waals surface area contributed by atoms with Crippen LogP contribution in [0.3, 0.4) is 0 Å². The molecule has 0 aliphatic heterocycles. The van der Waals surface area contributed by atoms with Gasteiger partial charge >= 0.3 is 0 Å². The Morgan fingerprint density at radius 1 is 0.879 bits per heavy atom. The summed E-state index contributed by atoms with van der Waals surface area (Å²) in [7, 11) is -0.492. The van der Waals surface area contributed by atoms with Gasteiger partial charge in [-0.3, -0.25) is 0 Å². The molecule has 0 bridgehead atoms. The van der Waals surface area contributed by atoms with Crippen LogP contribution in [0.15, 0.2) is 56.3 Å². The molecule has 0 spiro atoms. The van der Waals surface area contributed by atoms with Crippen molar-refractivity contribution in [3.8, 4) is 34.5 Å². The van der Waals surface area contributed by atoms with Gasteiger partial charge in [0.05, 0.1) is 19.1 Å². The predicted molar refractivity (Wildman–Crippen MR) is 122 cm³/mol.